The largest absolute Gasteiger partial charge is 0.448 e. The minimum Gasteiger partial charge on any atom is -0.448 e. The van der Waals surface area contributed by atoms with Gasteiger partial charge in [-0.15, -0.1) is 0 Å². The number of amides is 3. The molecule has 0 saturated heterocycles. The number of nitrogens with zero attached hydrogens (tertiary/aromatic N) is 1. The van der Waals surface area contributed by atoms with Crippen molar-refractivity contribution in [3.63, 3.8) is 0 Å². The van der Waals surface area contributed by atoms with E-state index in [1.165, 1.54) is 11.0 Å². The van der Waals surface area contributed by atoms with Gasteiger partial charge in [0.1, 0.15) is 13.2 Å². The molecule has 2 N–H and O–H groups in total. The lowest BCUT2D eigenvalue weighted by atomic mass is 10.2. The second-order valence-corrected chi connectivity index (χ2v) is 5.40. The summed E-state index contributed by atoms with van der Waals surface area (Å²) in [5, 5.41) is 5.02. The van der Waals surface area contributed by atoms with E-state index < -0.39 is 12.2 Å². The third-order valence-electron chi connectivity index (χ3n) is 3.36. The summed E-state index contributed by atoms with van der Waals surface area (Å²) < 4.78 is 10.0. The molecule has 1 rings (SSSR count). The van der Waals surface area contributed by atoms with Crippen LogP contribution in [0.1, 0.15) is 19.4 Å². The quantitative estimate of drug-likeness (QED) is 0.608. The lowest BCUT2D eigenvalue weighted by molar-refractivity contribution is -0.127. The van der Waals surface area contributed by atoms with E-state index in [1.807, 2.05) is 30.3 Å². The number of hydrogen-bond acceptors (Lipinski definition) is 5. The number of benzene rings is 1. The molecule has 27 heavy (non-hydrogen) atoms. The van der Waals surface area contributed by atoms with Gasteiger partial charge in [0.15, 0.2) is 0 Å². The van der Waals surface area contributed by atoms with Crippen molar-refractivity contribution in [2.45, 2.75) is 13.8 Å². The highest BCUT2D eigenvalue weighted by Gasteiger charge is 2.13. The fraction of sp³-hybridized carbons (Fsp3) is 0.421. The Labute approximate surface area is 159 Å². The zero-order chi connectivity index (χ0) is 19.9. The van der Waals surface area contributed by atoms with Crippen molar-refractivity contribution in [1.29, 1.82) is 0 Å². The van der Waals surface area contributed by atoms with Crippen LogP contribution in [0.2, 0.25) is 0 Å². The summed E-state index contributed by atoms with van der Waals surface area (Å²) in [4.78, 5) is 36.6. The molecule has 0 heterocycles. The summed E-state index contributed by atoms with van der Waals surface area (Å²) >= 11 is 0. The van der Waals surface area contributed by atoms with E-state index in [4.69, 9.17) is 9.47 Å². The lowest BCUT2D eigenvalue weighted by Gasteiger charge is -2.21. The highest BCUT2D eigenvalue weighted by molar-refractivity contribution is 5.91. The first-order valence-electron chi connectivity index (χ1n) is 8.90. The molecule has 1 aromatic rings. The number of ether oxygens (including phenoxy) is 2. The zero-order valence-corrected chi connectivity index (χ0v) is 15.8. The molecule has 148 valence electrons. The maximum atomic E-state index is 12.4. The van der Waals surface area contributed by atoms with Crippen LogP contribution < -0.4 is 10.6 Å². The Morgan fingerprint density at radius 1 is 0.926 bits per heavy atom. The van der Waals surface area contributed by atoms with Crippen LogP contribution in [0.4, 0.5) is 9.59 Å². The van der Waals surface area contributed by atoms with E-state index in [1.54, 1.807) is 19.9 Å². The SMILES string of the molecule is CCNC(=O)OCCN(CCOC(=O)NCC)C(=O)C=Cc1ccccc1. The molecule has 0 fully saturated rings. The summed E-state index contributed by atoms with van der Waals surface area (Å²) in [7, 11) is 0. The van der Waals surface area contributed by atoms with E-state index in [9.17, 15) is 14.4 Å². The molecule has 0 aliphatic heterocycles. The van der Waals surface area contributed by atoms with Crippen LogP contribution in [-0.2, 0) is 14.3 Å². The number of alkyl carbamates (subject to hydrolysis) is 2. The van der Waals surface area contributed by atoms with Gasteiger partial charge < -0.3 is 25.0 Å². The van der Waals surface area contributed by atoms with Gasteiger partial charge >= 0.3 is 12.2 Å². The first-order chi connectivity index (χ1) is 13.1. The Kier molecular flexibility index (Phi) is 10.8. The van der Waals surface area contributed by atoms with Crippen molar-refractivity contribution in [1.82, 2.24) is 15.5 Å². The van der Waals surface area contributed by atoms with Gasteiger partial charge in [-0.1, -0.05) is 30.3 Å². The molecule has 0 unspecified atom stereocenters. The average Bonchev–Trinajstić information content (AvgIpc) is 2.66. The highest BCUT2D eigenvalue weighted by atomic mass is 16.6. The third kappa shape index (κ3) is 9.88. The minimum atomic E-state index is -0.539. The van der Waals surface area contributed by atoms with Crippen LogP contribution in [0.25, 0.3) is 6.08 Å². The van der Waals surface area contributed by atoms with Gasteiger partial charge in [-0.2, -0.15) is 0 Å². The molecule has 0 spiro atoms. The summed E-state index contributed by atoms with van der Waals surface area (Å²) in [6.45, 7) is 4.94. The fourth-order valence-corrected chi connectivity index (χ4v) is 2.06. The molecular formula is C19H27N3O5. The fourth-order valence-electron chi connectivity index (χ4n) is 2.06. The predicted molar refractivity (Wildman–Crippen MR) is 102 cm³/mol. The standard InChI is InChI=1S/C19H27N3O5/c1-3-20-18(24)26-14-12-22(13-15-27-19(25)21-4-2)17(23)11-10-16-8-6-5-7-9-16/h5-11H,3-4,12-15H2,1-2H3,(H,20,24)(H,21,25). The Hall–Kier alpha value is -3.03. The van der Waals surface area contributed by atoms with Gasteiger partial charge in [0, 0.05) is 19.2 Å². The van der Waals surface area contributed by atoms with E-state index in [-0.39, 0.29) is 32.2 Å². The van der Waals surface area contributed by atoms with Crippen molar-refractivity contribution in [2.75, 3.05) is 39.4 Å². The molecule has 0 aromatic heterocycles. The van der Waals surface area contributed by atoms with Gasteiger partial charge in [-0.05, 0) is 25.5 Å². The molecular weight excluding hydrogens is 350 g/mol. The van der Waals surface area contributed by atoms with Gasteiger partial charge in [-0.25, -0.2) is 9.59 Å². The topological polar surface area (TPSA) is 97.0 Å². The Morgan fingerprint density at radius 3 is 1.93 bits per heavy atom. The lowest BCUT2D eigenvalue weighted by Crippen LogP contribution is -2.38. The highest BCUT2D eigenvalue weighted by Crippen LogP contribution is 2.02. The van der Waals surface area contributed by atoms with Gasteiger partial charge in [0.05, 0.1) is 13.1 Å². The molecule has 0 radical (unpaired) electrons. The molecule has 0 aliphatic rings. The number of hydrogen-bond donors (Lipinski definition) is 2. The first kappa shape index (κ1) is 22.0. The average molecular weight is 377 g/mol. The van der Waals surface area contributed by atoms with Crippen molar-refractivity contribution < 1.29 is 23.9 Å². The van der Waals surface area contributed by atoms with Crippen LogP contribution in [0, 0.1) is 0 Å². The van der Waals surface area contributed by atoms with Gasteiger partial charge in [0.25, 0.3) is 0 Å². The monoisotopic (exact) mass is 377 g/mol. The summed E-state index contributed by atoms with van der Waals surface area (Å²) in [5.74, 6) is -0.266. The van der Waals surface area contributed by atoms with E-state index >= 15 is 0 Å². The maximum absolute atomic E-state index is 12.4. The number of carbonyl (C=O) groups is 3. The molecule has 0 bridgehead atoms. The summed E-state index contributed by atoms with van der Waals surface area (Å²) in [6.07, 6.45) is 2.06. The molecule has 1 aromatic carbocycles. The second-order valence-electron chi connectivity index (χ2n) is 5.40. The zero-order valence-electron chi connectivity index (χ0n) is 15.8. The van der Waals surface area contributed by atoms with Crippen molar-refractivity contribution in [2.24, 2.45) is 0 Å². The molecule has 0 aliphatic carbocycles. The Balaban J connectivity index is 2.59. The number of rotatable bonds is 10. The number of nitrogens with one attached hydrogen (secondary N) is 2. The van der Waals surface area contributed by atoms with Crippen LogP contribution in [0.15, 0.2) is 36.4 Å². The minimum absolute atomic E-state index is 0.0396. The second kappa shape index (κ2) is 13.2. The molecule has 0 atom stereocenters. The van der Waals surface area contributed by atoms with Crippen molar-refractivity contribution in [3.05, 3.63) is 42.0 Å². The van der Waals surface area contributed by atoms with E-state index in [0.29, 0.717) is 13.1 Å². The van der Waals surface area contributed by atoms with Crippen molar-refractivity contribution >= 4 is 24.2 Å². The summed E-state index contributed by atoms with van der Waals surface area (Å²) in [6, 6.07) is 9.41. The van der Waals surface area contributed by atoms with Crippen LogP contribution in [0.5, 0.6) is 0 Å². The third-order valence-corrected chi connectivity index (χ3v) is 3.36. The van der Waals surface area contributed by atoms with Crippen LogP contribution in [-0.4, -0.2) is 62.4 Å². The van der Waals surface area contributed by atoms with Crippen molar-refractivity contribution in [3.8, 4) is 0 Å². The Bertz CT molecular complexity index is 595. The van der Waals surface area contributed by atoms with Crippen LogP contribution in [0.3, 0.4) is 0 Å². The predicted octanol–water partition coefficient (Wildman–Crippen LogP) is 2.02. The van der Waals surface area contributed by atoms with Gasteiger partial charge in [0.2, 0.25) is 5.91 Å². The first-order valence-corrected chi connectivity index (χ1v) is 8.90. The molecule has 8 nitrogen and oxygen atoms in total. The molecule has 8 heteroatoms. The van der Waals surface area contributed by atoms with Crippen LogP contribution >= 0.6 is 0 Å². The Morgan fingerprint density at radius 2 is 1.44 bits per heavy atom. The van der Waals surface area contributed by atoms with E-state index in [0.717, 1.165) is 5.56 Å². The summed E-state index contributed by atoms with van der Waals surface area (Å²) in [5.41, 5.74) is 0.892. The van der Waals surface area contributed by atoms with E-state index in [2.05, 4.69) is 10.6 Å². The maximum Gasteiger partial charge on any atom is 0.407 e. The van der Waals surface area contributed by atoms with Gasteiger partial charge in [-0.3, -0.25) is 4.79 Å². The normalized spacial score (nSPS) is 10.3. The number of carbonyl (C=O) groups excluding carboxylic acids is 3. The molecule has 3 amide bonds. The molecule has 0 saturated carbocycles. The smallest absolute Gasteiger partial charge is 0.407 e.